The summed E-state index contributed by atoms with van der Waals surface area (Å²) >= 11 is 6.06. The monoisotopic (exact) mass is 331 g/mol. The number of anilines is 1. The summed E-state index contributed by atoms with van der Waals surface area (Å²) in [5.74, 6) is 0.938. The summed E-state index contributed by atoms with van der Waals surface area (Å²) in [6.45, 7) is 7.92. The lowest BCUT2D eigenvalue weighted by Gasteiger charge is -2.16. The van der Waals surface area contributed by atoms with Gasteiger partial charge in [0.25, 0.3) is 5.91 Å². The number of hydrogen-bond donors (Lipinski definition) is 1. The Balaban J connectivity index is 1.97. The van der Waals surface area contributed by atoms with Crippen molar-refractivity contribution in [3.8, 4) is 5.75 Å². The predicted molar refractivity (Wildman–Crippen MR) is 95.4 cm³/mol. The van der Waals surface area contributed by atoms with Crippen LogP contribution >= 0.6 is 11.6 Å². The number of benzene rings is 2. The molecule has 122 valence electrons. The maximum absolute atomic E-state index is 12.2. The van der Waals surface area contributed by atoms with Gasteiger partial charge in [-0.2, -0.15) is 0 Å². The van der Waals surface area contributed by atoms with Crippen LogP contribution in [0, 0.1) is 6.92 Å². The molecule has 1 N–H and O–H groups in total. The van der Waals surface area contributed by atoms with Gasteiger partial charge in [-0.1, -0.05) is 43.6 Å². The van der Waals surface area contributed by atoms with E-state index in [1.807, 2.05) is 43.3 Å². The Morgan fingerprint density at radius 1 is 1.09 bits per heavy atom. The van der Waals surface area contributed by atoms with E-state index in [1.165, 1.54) is 5.56 Å². The molecule has 2 aromatic rings. The van der Waals surface area contributed by atoms with E-state index >= 15 is 0 Å². The minimum absolute atomic E-state index is 0.210. The first-order valence-electron chi connectivity index (χ1n) is 7.70. The smallest absolute Gasteiger partial charge is 0.265 e. The number of hydrogen-bond acceptors (Lipinski definition) is 2. The van der Waals surface area contributed by atoms with Crippen LogP contribution in [0.15, 0.2) is 42.5 Å². The molecule has 0 radical (unpaired) electrons. The van der Waals surface area contributed by atoms with Crippen molar-refractivity contribution in [2.75, 3.05) is 5.32 Å². The van der Waals surface area contributed by atoms with Gasteiger partial charge in [0.1, 0.15) is 5.75 Å². The standard InChI is InChI=1S/C19H22ClNO2/c1-12(2)15-6-9-17(10-7-15)23-14(4)19(22)21-16-8-5-13(3)18(20)11-16/h5-12,14H,1-4H3,(H,21,22)/t14-/m0/s1. The molecule has 0 unspecified atom stereocenters. The molecule has 23 heavy (non-hydrogen) atoms. The number of ether oxygens (including phenoxy) is 1. The molecular formula is C19H22ClNO2. The topological polar surface area (TPSA) is 38.3 Å². The van der Waals surface area contributed by atoms with E-state index in [1.54, 1.807) is 13.0 Å². The predicted octanol–water partition coefficient (Wildman–Crippen LogP) is 5.18. The van der Waals surface area contributed by atoms with Crippen LogP contribution in [0.3, 0.4) is 0 Å². The van der Waals surface area contributed by atoms with E-state index in [-0.39, 0.29) is 5.91 Å². The first-order chi connectivity index (χ1) is 10.9. The zero-order chi connectivity index (χ0) is 17.0. The highest BCUT2D eigenvalue weighted by Crippen LogP contribution is 2.21. The van der Waals surface area contributed by atoms with Crippen LogP contribution in [-0.2, 0) is 4.79 Å². The molecule has 1 amide bonds. The average molecular weight is 332 g/mol. The Kier molecular flexibility index (Phi) is 5.67. The van der Waals surface area contributed by atoms with Gasteiger partial charge in [0.15, 0.2) is 6.10 Å². The van der Waals surface area contributed by atoms with E-state index in [0.29, 0.717) is 22.4 Å². The van der Waals surface area contributed by atoms with Crippen LogP contribution < -0.4 is 10.1 Å². The molecule has 0 spiro atoms. The van der Waals surface area contributed by atoms with Crippen molar-refractivity contribution in [1.29, 1.82) is 0 Å². The second kappa shape index (κ2) is 7.51. The molecule has 4 heteroatoms. The van der Waals surface area contributed by atoms with E-state index in [4.69, 9.17) is 16.3 Å². The number of carbonyl (C=O) groups is 1. The molecule has 2 rings (SSSR count). The van der Waals surface area contributed by atoms with E-state index < -0.39 is 6.10 Å². The van der Waals surface area contributed by atoms with Crippen molar-refractivity contribution in [2.24, 2.45) is 0 Å². The number of aryl methyl sites for hydroxylation is 1. The van der Waals surface area contributed by atoms with Gasteiger partial charge in [-0.05, 0) is 55.2 Å². The Bertz CT molecular complexity index is 680. The highest BCUT2D eigenvalue weighted by Gasteiger charge is 2.15. The summed E-state index contributed by atoms with van der Waals surface area (Å²) in [7, 11) is 0. The summed E-state index contributed by atoms with van der Waals surface area (Å²) < 4.78 is 5.69. The lowest BCUT2D eigenvalue weighted by molar-refractivity contribution is -0.122. The molecule has 0 saturated heterocycles. The molecule has 0 aliphatic heterocycles. The Hall–Kier alpha value is -2.00. The van der Waals surface area contributed by atoms with Crippen molar-refractivity contribution in [3.63, 3.8) is 0 Å². The number of carbonyl (C=O) groups excluding carboxylic acids is 1. The molecule has 0 fully saturated rings. The number of amides is 1. The van der Waals surface area contributed by atoms with E-state index in [9.17, 15) is 4.79 Å². The fraction of sp³-hybridized carbons (Fsp3) is 0.316. The summed E-state index contributed by atoms with van der Waals surface area (Å²) in [6.07, 6.45) is -0.597. The zero-order valence-corrected chi connectivity index (χ0v) is 14.6. The Labute approximate surface area is 142 Å². The minimum atomic E-state index is -0.597. The maximum Gasteiger partial charge on any atom is 0.265 e. The highest BCUT2D eigenvalue weighted by molar-refractivity contribution is 6.31. The fourth-order valence-corrected chi connectivity index (χ4v) is 2.28. The lowest BCUT2D eigenvalue weighted by atomic mass is 10.0. The minimum Gasteiger partial charge on any atom is -0.481 e. The normalized spacial score (nSPS) is 12.1. The average Bonchev–Trinajstić information content (AvgIpc) is 2.51. The van der Waals surface area contributed by atoms with Crippen molar-refractivity contribution >= 4 is 23.2 Å². The largest absolute Gasteiger partial charge is 0.481 e. The summed E-state index contributed by atoms with van der Waals surface area (Å²) in [5.41, 5.74) is 2.87. The molecule has 0 aromatic heterocycles. The van der Waals surface area contributed by atoms with Gasteiger partial charge in [0.2, 0.25) is 0 Å². The van der Waals surface area contributed by atoms with Gasteiger partial charge < -0.3 is 10.1 Å². The first kappa shape index (κ1) is 17.4. The van der Waals surface area contributed by atoms with Crippen LogP contribution in [0.4, 0.5) is 5.69 Å². The van der Waals surface area contributed by atoms with E-state index in [2.05, 4.69) is 19.2 Å². The number of nitrogens with one attached hydrogen (secondary N) is 1. The van der Waals surface area contributed by atoms with Crippen LogP contribution in [0.25, 0.3) is 0 Å². The molecule has 0 heterocycles. The molecule has 0 saturated carbocycles. The van der Waals surface area contributed by atoms with Crippen LogP contribution in [-0.4, -0.2) is 12.0 Å². The van der Waals surface area contributed by atoms with Gasteiger partial charge in [-0.15, -0.1) is 0 Å². The SMILES string of the molecule is Cc1ccc(NC(=O)[C@H](C)Oc2ccc(C(C)C)cc2)cc1Cl. The van der Waals surface area contributed by atoms with Crippen molar-refractivity contribution in [2.45, 2.75) is 39.7 Å². The number of rotatable bonds is 5. The van der Waals surface area contributed by atoms with Gasteiger partial charge in [-0.3, -0.25) is 4.79 Å². The molecule has 0 aliphatic carbocycles. The third kappa shape index (κ3) is 4.73. The maximum atomic E-state index is 12.2. The summed E-state index contributed by atoms with van der Waals surface area (Å²) in [5, 5.41) is 3.44. The zero-order valence-electron chi connectivity index (χ0n) is 13.9. The summed E-state index contributed by atoms with van der Waals surface area (Å²) in [4.78, 5) is 12.2. The van der Waals surface area contributed by atoms with E-state index in [0.717, 1.165) is 5.56 Å². The molecule has 0 bridgehead atoms. The third-order valence-corrected chi connectivity index (χ3v) is 4.08. The van der Waals surface area contributed by atoms with Gasteiger partial charge in [0, 0.05) is 10.7 Å². The second-order valence-corrected chi connectivity index (χ2v) is 6.34. The first-order valence-corrected chi connectivity index (χ1v) is 8.08. The number of halogens is 1. The van der Waals surface area contributed by atoms with Crippen molar-refractivity contribution in [1.82, 2.24) is 0 Å². The molecule has 0 aliphatic rings. The Morgan fingerprint density at radius 2 is 1.74 bits per heavy atom. The third-order valence-electron chi connectivity index (χ3n) is 3.67. The Morgan fingerprint density at radius 3 is 2.30 bits per heavy atom. The lowest BCUT2D eigenvalue weighted by Crippen LogP contribution is -2.30. The van der Waals surface area contributed by atoms with Crippen LogP contribution in [0.1, 0.15) is 37.8 Å². The van der Waals surface area contributed by atoms with Crippen LogP contribution in [0.2, 0.25) is 5.02 Å². The van der Waals surface area contributed by atoms with Gasteiger partial charge in [0.05, 0.1) is 0 Å². The van der Waals surface area contributed by atoms with Crippen LogP contribution in [0.5, 0.6) is 5.75 Å². The summed E-state index contributed by atoms with van der Waals surface area (Å²) in [6, 6.07) is 13.2. The second-order valence-electron chi connectivity index (χ2n) is 5.94. The van der Waals surface area contributed by atoms with Crippen molar-refractivity contribution in [3.05, 3.63) is 58.6 Å². The quantitative estimate of drug-likeness (QED) is 0.820. The molecule has 1 atom stereocenters. The highest BCUT2D eigenvalue weighted by atomic mass is 35.5. The van der Waals surface area contributed by atoms with Crippen molar-refractivity contribution < 1.29 is 9.53 Å². The molecule has 2 aromatic carbocycles. The molecule has 3 nitrogen and oxygen atoms in total. The van der Waals surface area contributed by atoms with Gasteiger partial charge >= 0.3 is 0 Å². The molecular weight excluding hydrogens is 310 g/mol. The van der Waals surface area contributed by atoms with Gasteiger partial charge in [-0.25, -0.2) is 0 Å². The fourth-order valence-electron chi connectivity index (χ4n) is 2.10.